The Morgan fingerprint density at radius 3 is 2.68 bits per heavy atom. The fraction of sp³-hybridized carbons (Fsp3) is 0.474. The number of para-hydroxylation sites is 1. The SMILES string of the molecule is COc1ccccc1-c1noc(COC(=O)CCCNC(=O)OC(C)(C)C)n1. The van der Waals surface area contributed by atoms with E-state index in [1.54, 1.807) is 40.0 Å². The summed E-state index contributed by atoms with van der Waals surface area (Å²) in [6.07, 6.45) is 0.0492. The summed E-state index contributed by atoms with van der Waals surface area (Å²) in [5.41, 5.74) is 0.120. The van der Waals surface area contributed by atoms with Gasteiger partial charge in [-0.15, -0.1) is 0 Å². The molecule has 2 aromatic rings. The molecule has 0 saturated carbocycles. The van der Waals surface area contributed by atoms with Crippen molar-refractivity contribution in [3.05, 3.63) is 30.2 Å². The van der Waals surface area contributed by atoms with E-state index in [0.717, 1.165) is 0 Å². The first-order valence-electron chi connectivity index (χ1n) is 8.87. The largest absolute Gasteiger partial charge is 0.496 e. The van der Waals surface area contributed by atoms with Crippen molar-refractivity contribution in [2.75, 3.05) is 13.7 Å². The highest BCUT2D eigenvalue weighted by Gasteiger charge is 2.16. The lowest BCUT2D eigenvalue weighted by Gasteiger charge is -2.19. The minimum absolute atomic E-state index is 0.125. The summed E-state index contributed by atoms with van der Waals surface area (Å²) in [7, 11) is 1.55. The predicted octanol–water partition coefficient (Wildman–Crippen LogP) is 3.09. The van der Waals surface area contributed by atoms with Gasteiger partial charge in [0.25, 0.3) is 5.89 Å². The standard InChI is InChI=1S/C19H25N3O6/c1-19(2,3)27-18(24)20-11-7-10-16(23)26-12-15-21-17(22-28-15)13-8-5-6-9-14(13)25-4/h5-6,8-9H,7,10-12H2,1-4H3,(H,20,24). The van der Waals surface area contributed by atoms with Crippen molar-refractivity contribution in [3.8, 4) is 17.1 Å². The van der Waals surface area contributed by atoms with Gasteiger partial charge in [0.05, 0.1) is 12.7 Å². The Balaban J connectivity index is 1.72. The molecule has 0 saturated heterocycles. The minimum Gasteiger partial charge on any atom is -0.496 e. The molecule has 2 rings (SSSR count). The minimum atomic E-state index is -0.560. The van der Waals surface area contributed by atoms with Crippen LogP contribution in [0.2, 0.25) is 0 Å². The number of nitrogens with zero attached hydrogens (tertiary/aromatic N) is 2. The molecular formula is C19H25N3O6. The molecule has 1 amide bonds. The van der Waals surface area contributed by atoms with Crippen LogP contribution >= 0.6 is 0 Å². The topological polar surface area (TPSA) is 113 Å². The van der Waals surface area contributed by atoms with Crippen LogP contribution in [-0.4, -0.2) is 41.5 Å². The van der Waals surface area contributed by atoms with E-state index in [9.17, 15) is 9.59 Å². The number of rotatable bonds is 8. The lowest BCUT2D eigenvalue weighted by Crippen LogP contribution is -2.33. The van der Waals surface area contributed by atoms with E-state index in [1.807, 2.05) is 12.1 Å². The number of carbonyl (C=O) groups excluding carboxylic acids is 2. The molecule has 1 aromatic heterocycles. The van der Waals surface area contributed by atoms with Crippen molar-refractivity contribution >= 4 is 12.1 Å². The highest BCUT2D eigenvalue weighted by Crippen LogP contribution is 2.27. The maximum atomic E-state index is 11.8. The van der Waals surface area contributed by atoms with E-state index in [0.29, 0.717) is 30.1 Å². The van der Waals surface area contributed by atoms with Gasteiger partial charge in [0.2, 0.25) is 5.82 Å². The molecule has 0 aliphatic rings. The Bertz CT molecular complexity index is 797. The lowest BCUT2D eigenvalue weighted by molar-refractivity contribution is -0.145. The monoisotopic (exact) mass is 391 g/mol. The summed E-state index contributed by atoms with van der Waals surface area (Å²) in [6, 6.07) is 7.26. The van der Waals surface area contributed by atoms with Crippen LogP contribution in [0.1, 0.15) is 39.5 Å². The molecule has 28 heavy (non-hydrogen) atoms. The smallest absolute Gasteiger partial charge is 0.407 e. The van der Waals surface area contributed by atoms with Crippen molar-refractivity contribution in [2.45, 2.75) is 45.8 Å². The Hall–Kier alpha value is -3.10. The Labute approximate surface area is 163 Å². The van der Waals surface area contributed by atoms with Crippen LogP contribution in [0.25, 0.3) is 11.4 Å². The fourth-order valence-electron chi connectivity index (χ4n) is 2.20. The number of hydrogen-bond donors (Lipinski definition) is 1. The van der Waals surface area contributed by atoms with Gasteiger partial charge >= 0.3 is 12.1 Å². The summed E-state index contributed by atoms with van der Waals surface area (Å²) in [6.45, 7) is 5.52. The number of esters is 1. The quantitative estimate of drug-likeness (QED) is 0.539. The summed E-state index contributed by atoms with van der Waals surface area (Å²) in [4.78, 5) is 27.5. The van der Waals surface area contributed by atoms with Crippen LogP contribution in [0.15, 0.2) is 28.8 Å². The lowest BCUT2D eigenvalue weighted by atomic mass is 10.2. The van der Waals surface area contributed by atoms with Crippen molar-refractivity contribution < 1.29 is 28.3 Å². The van der Waals surface area contributed by atoms with Crippen LogP contribution in [0, 0.1) is 0 Å². The molecule has 0 unspecified atom stereocenters. The van der Waals surface area contributed by atoms with E-state index in [2.05, 4.69) is 15.5 Å². The van der Waals surface area contributed by atoms with E-state index in [1.165, 1.54) is 0 Å². The molecule has 9 heteroatoms. The zero-order valence-corrected chi connectivity index (χ0v) is 16.5. The first kappa shape index (κ1) is 21.2. The van der Waals surface area contributed by atoms with Gasteiger partial charge in [0.1, 0.15) is 11.4 Å². The van der Waals surface area contributed by atoms with Crippen LogP contribution in [0.3, 0.4) is 0 Å². The molecular weight excluding hydrogens is 366 g/mol. The highest BCUT2D eigenvalue weighted by atomic mass is 16.6. The third kappa shape index (κ3) is 6.90. The molecule has 0 aliphatic heterocycles. The van der Waals surface area contributed by atoms with Gasteiger partial charge in [-0.3, -0.25) is 4.79 Å². The zero-order chi connectivity index (χ0) is 20.6. The number of amides is 1. The van der Waals surface area contributed by atoms with E-state index in [-0.39, 0.29) is 18.9 Å². The third-order valence-electron chi connectivity index (χ3n) is 3.40. The molecule has 0 spiro atoms. The average molecular weight is 391 g/mol. The number of alkyl carbamates (subject to hydrolysis) is 1. The number of methoxy groups -OCH3 is 1. The third-order valence-corrected chi connectivity index (χ3v) is 3.40. The number of benzene rings is 1. The van der Waals surface area contributed by atoms with Gasteiger partial charge in [-0.1, -0.05) is 17.3 Å². The second kappa shape index (κ2) is 9.72. The van der Waals surface area contributed by atoms with Crippen molar-refractivity contribution in [1.82, 2.24) is 15.5 Å². The maximum absolute atomic E-state index is 11.8. The van der Waals surface area contributed by atoms with Gasteiger partial charge < -0.3 is 24.1 Å². The highest BCUT2D eigenvalue weighted by molar-refractivity contribution is 5.70. The van der Waals surface area contributed by atoms with Crippen LogP contribution in [0.4, 0.5) is 4.79 Å². The summed E-state index contributed by atoms with van der Waals surface area (Å²) in [5, 5.41) is 6.46. The molecule has 1 N–H and O–H groups in total. The van der Waals surface area contributed by atoms with Gasteiger partial charge in [0, 0.05) is 13.0 Å². The van der Waals surface area contributed by atoms with Gasteiger partial charge in [-0.25, -0.2) is 4.79 Å². The van der Waals surface area contributed by atoms with Crippen LogP contribution < -0.4 is 10.1 Å². The molecule has 152 valence electrons. The average Bonchev–Trinajstić information content (AvgIpc) is 3.11. The van der Waals surface area contributed by atoms with Gasteiger partial charge in [-0.05, 0) is 39.3 Å². The molecule has 1 heterocycles. The van der Waals surface area contributed by atoms with Crippen LogP contribution in [-0.2, 0) is 20.9 Å². The number of nitrogens with one attached hydrogen (secondary N) is 1. The Morgan fingerprint density at radius 1 is 1.21 bits per heavy atom. The van der Waals surface area contributed by atoms with Crippen molar-refractivity contribution in [3.63, 3.8) is 0 Å². The van der Waals surface area contributed by atoms with Gasteiger partial charge in [-0.2, -0.15) is 4.98 Å². The number of hydrogen-bond acceptors (Lipinski definition) is 8. The second-order valence-electron chi connectivity index (χ2n) is 6.90. The number of aromatic nitrogens is 2. The van der Waals surface area contributed by atoms with Crippen LogP contribution in [0.5, 0.6) is 5.75 Å². The summed E-state index contributed by atoms with van der Waals surface area (Å²) >= 11 is 0. The van der Waals surface area contributed by atoms with E-state index >= 15 is 0 Å². The Kier molecular flexibility index (Phi) is 7.36. The van der Waals surface area contributed by atoms with E-state index in [4.69, 9.17) is 18.7 Å². The second-order valence-corrected chi connectivity index (χ2v) is 6.90. The molecule has 0 atom stereocenters. The maximum Gasteiger partial charge on any atom is 0.407 e. The Morgan fingerprint density at radius 2 is 1.96 bits per heavy atom. The van der Waals surface area contributed by atoms with E-state index < -0.39 is 17.7 Å². The first-order valence-corrected chi connectivity index (χ1v) is 8.87. The first-order chi connectivity index (χ1) is 13.3. The van der Waals surface area contributed by atoms with Crippen molar-refractivity contribution in [2.24, 2.45) is 0 Å². The number of carbonyl (C=O) groups is 2. The molecule has 0 radical (unpaired) electrons. The molecule has 9 nitrogen and oxygen atoms in total. The normalized spacial score (nSPS) is 11.0. The molecule has 1 aromatic carbocycles. The van der Waals surface area contributed by atoms with Crippen molar-refractivity contribution in [1.29, 1.82) is 0 Å². The fourth-order valence-corrected chi connectivity index (χ4v) is 2.20. The van der Waals surface area contributed by atoms with Gasteiger partial charge in [0.15, 0.2) is 6.61 Å². The summed E-state index contributed by atoms with van der Waals surface area (Å²) in [5.74, 6) is 0.721. The molecule has 0 aliphatic carbocycles. The molecule has 0 bridgehead atoms. The number of ether oxygens (including phenoxy) is 3. The zero-order valence-electron chi connectivity index (χ0n) is 16.5. The summed E-state index contributed by atoms with van der Waals surface area (Å²) < 4.78 is 20.6. The molecule has 0 fully saturated rings. The predicted molar refractivity (Wildman–Crippen MR) is 99.6 cm³/mol.